The zero-order valence-corrected chi connectivity index (χ0v) is 16.9. The maximum atomic E-state index is 13.2. The van der Waals surface area contributed by atoms with Gasteiger partial charge in [-0.25, -0.2) is 9.67 Å². The number of hydrogen-bond acceptors (Lipinski definition) is 5. The largest absolute Gasteiger partial charge is 0.325 e. The second-order valence-electron chi connectivity index (χ2n) is 7.79. The van der Waals surface area contributed by atoms with E-state index in [-0.39, 0.29) is 24.3 Å². The molecule has 1 saturated heterocycles. The summed E-state index contributed by atoms with van der Waals surface area (Å²) in [6.07, 6.45) is 3.84. The van der Waals surface area contributed by atoms with Gasteiger partial charge in [0.1, 0.15) is 24.9 Å². The molecule has 2 aromatic carbocycles. The number of rotatable bonds is 4. The zero-order chi connectivity index (χ0) is 21.6. The summed E-state index contributed by atoms with van der Waals surface area (Å²) in [6.45, 7) is 1.68. The summed E-state index contributed by atoms with van der Waals surface area (Å²) < 4.78 is 1.61. The second-order valence-corrected chi connectivity index (χ2v) is 7.79. The van der Waals surface area contributed by atoms with E-state index in [9.17, 15) is 14.4 Å². The number of nitrogens with one attached hydrogen (secondary N) is 1. The summed E-state index contributed by atoms with van der Waals surface area (Å²) in [5.41, 5.74) is 1.59. The van der Waals surface area contributed by atoms with Crippen molar-refractivity contribution in [2.45, 2.75) is 25.4 Å². The van der Waals surface area contributed by atoms with Gasteiger partial charge < -0.3 is 10.2 Å². The molecule has 1 N–H and O–H groups in total. The minimum absolute atomic E-state index is 0.0449. The predicted molar refractivity (Wildman–Crippen MR) is 113 cm³/mol. The van der Waals surface area contributed by atoms with Crippen molar-refractivity contribution in [3.63, 3.8) is 0 Å². The van der Waals surface area contributed by atoms with Crippen LogP contribution in [0.2, 0.25) is 0 Å². The molecule has 2 aliphatic heterocycles. The van der Waals surface area contributed by atoms with Crippen molar-refractivity contribution >= 4 is 29.1 Å². The van der Waals surface area contributed by atoms with E-state index in [1.165, 1.54) is 11.2 Å². The zero-order valence-electron chi connectivity index (χ0n) is 16.9. The number of anilines is 2. The highest BCUT2D eigenvalue weighted by Gasteiger charge is 2.53. The van der Waals surface area contributed by atoms with Crippen LogP contribution in [0.3, 0.4) is 0 Å². The average molecular weight is 416 g/mol. The van der Waals surface area contributed by atoms with Crippen LogP contribution in [-0.4, -0.2) is 49.6 Å². The molecule has 31 heavy (non-hydrogen) atoms. The number of carbonyl (C=O) groups is 3. The Bertz CT molecular complexity index is 1170. The van der Waals surface area contributed by atoms with Gasteiger partial charge in [-0.2, -0.15) is 5.10 Å². The van der Waals surface area contributed by atoms with Crippen LogP contribution in [0.15, 0.2) is 61.2 Å². The van der Waals surface area contributed by atoms with Gasteiger partial charge in [0.15, 0.2) is 0 Å². The lowest BCUT2D eigenvalue weighted by molar-refractivity contribution is -0.120. The molecule has 3 amide bonds. The van der Waals surface area contributed by atoms with Gasteiger partial charge >= 0.3 is 0 Å². The number of benzene rings is 2. The lowest BCUT2D eigenvalue weighted by Crippen LogP contribution is -2.63. The molecule has 1 aromatic heterocycles. The summed E-state index contributed by atoms with van der Waals surface area (Å²) in [6, 6.07) is 14.2. The molecule has 0 saturated carbocycles. The minimum atomic E-state index is -0.864. The molecule has 9 heteroatoms. The Morgan fingerprint density at radius 2 is 1.90 bits per heavy atom. The number of nitrogens with zero attached hydrogens (tertiary/aromatic N) is 5. The first-order valence-corrected chi connectivity index (χ1v) is 9.96. The number of carbonyl (C=O) groups excluding carboxylic acids is 3. The molecule has 1 fully saturated rings. The molecule has 0 bridgehead atoms. The van der Waals surface area contributed by atoms with Crippen LogP contribution in [0.4, 0.5) is 11.4 Å². The van der Waals surface area contributed by atoms with E-state index in [4.69, 9.17) is 0 Å². The molecule has 2 aliphatic rings. The number of hydrogen-bond donors (Lipinski definition) is 1. The molecular formula is C22H20N6O3. The number of amides is 3. The van der Waals surface area contributed by atoms with Crippen molar-refractivity contribution in [1.82, 2.24) is 19.7 Å². The van der Waals surface area contributed by atoms with E-state index in [1.54, 1.807) is 46.2 Å². The van der Waals surface area contributed by atoms with Crippen LogP contribution in [0.5, 0.6) is 0 Å². The van der Waals surface area contributed by atoms with Gasteiger partial charge in [-0.3, -0.25) is 19.3 Å². The Morgan fingerprint density at radius 3 is 2.65 bits per heavy atom. The first-order chi connectivity index (χ1) is 15.0. The van der Waals surface area contributed by atoms with E-state index in [2.05, 4.69) is 15.4 Å². The van der Waals surface area contributed by atoms with E-state index in [1.807, 2.05) is 25.1 Å². The summed E-state index contributed by atoms with van der Waals surface area (Å²) in [4.78, 5) is 45.7. The molecule has 5 rings (SSSR count). The first kappa shape index (κ1) is 19.0. The highest BCUT2D eigenvalue weighted by Crippen LogP contribution is 2.43. The average Bonchev–Trinajstić information content (AvgIpc) is 3.41. The van der Waals surface area contributed by atoms with E-state index in [0.29, 0.717) is 29.8 Å². The standard InChI is InChI=1S/C22H20N6O3/c1-22-11-10-20(30)28(22)18-5-3-2-4-17(18)21(31)26(22)12-19(29)25-15-6-8-16(9-7-15)27-14-23-13-24-27/h2-9,13-14H,10-12H2,1H3,(H,25,29). The van der Waals surface area contributed by atoms with Gasteiger partial charge in [-0.05, 0) is 49.7 Å². The Labute approximate surface area is 178 Å². The van der Waals surface area contributed by atoms with E-state index < -0.39 is 5.66 Å². The van der Waals surface area contributed by atoms with Gasteiger partial charge in [0, 0.05) is 12.1 Å². The van der Waals surface area contributed by atoms with Crippen LogP contribution in [0, 0.1) is 0 Å². The number of para-hydroxylation sites is 1. The van der Waals surface area contributed by atoms with Crippen molar-refractivity contribution in [2.75, 3.05) is 16.8 Å². The number of aromatic nitrogens is 3. The highest BCUT2D eigenvalue weighted by atomic mass is 16.2. The fourth-order valence-electron chi connectivity index (χ4n) is 4.32. The van der Waals surface area contributed by atoms with Gasteiger partial charge in [0.25, 0.3) is 5.91 Å². The normalized spacial score (nSPS) is 19.9. The summed E-state index contributed by atoms with van der Waals surface area (Å²) in [5.74, 6) is -0.626. The topological polar surface area (TPSA) is 100 Å². The van der Waals surface area contributed by atoms with Crippen LogP contribution < -0.4 is 10.2 Å². The van der Waals surface area contributed by atoms with Crippen molar-refractivity contribution in [3.05, 3.63) is 66.7 Å². The van der Waals surface area contributed by atoms with Gasteiger partial charge in [-0.15, -0.1) is 0 Å². The quantitative estimate of drug-likeness (QED) is 0.703. The maximum Gasteiger partial charge on any atom is 0.258 e. The smallest absolute Gasteiger partial charge is 0.258 e. The van der Waals surface area contributed by atoms with Gasteiger partial charge in [0.2, 0.25) is 11.8 Å². The molecule has 0 aliphatic carbocycles. The van der Waals surface area contributed by atoms with Crippen LogP contribution in [0.1, 0.15) is 30.1 Å². The molecule has 0 spiro atoms. The molecule has 3 heterocycles. The fraction of sp³-hybridized carbons (Fsp3) is 0.227. The third kappa shape index (κ3) is 3.05. The Morgan fingerprint density at radius 1 is 1.13 bits per heavy atom. The second kappa shape index (κ2) is 7.05. The predicted octanol–water partition coefficient (Wildman–Crippen LogP) is 2.20. The van der Waals surface area contributed by atoms with Crippen molar-refractivity contribution in [2.24, 2.45) is 0 Å². The maximum absolute atomic E-state index is 13.2. The first-order valence-electron chi connectivity index (χ1n) is 9.96. The number of fused-ring (bicyclic) bond motifs is 3. The van der Waals surface area contributed by atoms with Gasteiger partial charge in [0.05, 0.1) is 16.9 Å². The Hall–Kier alpha value is -4.01. The molecule has 0 radical (unpaired) electrons. The molecule has 9 nitrogen and oxygen atoms in total. The third-order valence-corrected chi connectivity index (χ3v) is 5.88. The summed E-state index contributed by atoms with van der Waals surface area (Å²) >= 11 is 0. The molecule has 1 unspecified atom stereocenters. The lowest BCUT2D eigenvalue weighted by Gasteiger charge is -2.48. The molecule has 1 atom stereocenters. The fourth-order valence-corrected chi connectivity index (χ4v) is 4.32. The van der Waals surface area contributed by atoms with Gasteiger partial charge in [-0.1, -0.05) is 12.1 Å². The van der Waals surface area contributed by atoms with Crippen molar-refractivity contribution in [3.8, 4) is 5.69 Å². The summed E-state index contributed by atoms with van der Waals surface area (Å²) in [5, 5.41) is 6.90. The lowest BCUT2D eigenvalue weighted by atomic mass is 9.98. The van der Waals surface area contributed by atoms with E-state index in [0.717, 1.165) is 5.69 Å². The molecular weight excluding hydrogens is 396 g/mol. The minimum Gasteiger partial charge on any atom is -0.325 e. The Balaban J connectivity index is 1.37. The van der Waals surface area contributed by atoms with Crippen molar-refractivity contribution in [1.29, 1.82) is 0 Å². The SMILES string of the molecule is CC12CCC(=O)N1c1ccccc1C(=O)N2CC(=O)Nc1ccc(-n2cncn2)cc1. The summed E-state index contributed by atoms with van der Waals surface area (Å²) in [7, 11) is 0. The third-order valence-electron chi connectivity index (χ3n) is 5.88. The monoisotopic (exact) mass is 416 g/mol. The highest BCUT2D eigenvalue weighted by molar-refractivity contribution is 6.11. The van der Waals surface area contributed by atoms with E-state index >= 15 is 0 Å². The molecule has 3 aromatic rings. The molecule has 156 valence electrons. The van der Waals surface area contributed by atoms with Crippen LogP contribution in [-0.2, 0) is 9.59 Å². The van der Waals surface area contributed by atoms with Crippen LogP contribution in [0.25, 0.3) is 5.69 Å². The van der Waals surface area contributed by atoms with Crippen molar-refractivity contribution < 1.29 is 14.4 Å². The van der Waals surface area contributed by atoms with Crippen LogP contribution >= 0.6 is 0 Å². The Kier molecular flexibility index (Phi) is 4.32.